The summed E-state index contributed by atoms with van der Waals surface area (Å²) in [6, 6.07) is 6.74. The topological polar surface area (TPSA) is 113 Å². The number of alkyl carbamates (subject to hydrolysis) is 1. The van der Waals surface area contributed by atoms with Gasteiger partial charge in [-0.3, -0.25) is 4.98 Å². The minimum Gasteiger partial charge on any atom is -0.478 e. The molecule has 0 unspecified atom stereocenters. The van der Waals surface area contributed by atoms with Crippen molar-refractivity contribution in [2.24, 2.45) is 0 Å². The highest BCUT2D eigenvalue weighted by atomic mass is 16.6. The highest BCUT2D eigenvalue weighted by Crippen LogP contribution is 2.29. The summed E-state index contributed by atoms with van der Waals surface area (Å²) in [6.07, 6.45) is 3.66. The number of carboxylic acids is 1. The second-order valence-electron chi connectivity index (χ2n) is 7.63. The molecule has 1 amide bonds. The summed E-state index contributed by atoms with van der Waals surface area (Å²) in [5, 5.41) is 17.9. The third-order valence-electron chi connectivity index (χ3n) is 4.16. The van der Waals surface area contributed by atoms with Gasteiger partial charge in [-0.1, -0.05) is 6.07 Å². The van der Waals surface area contributed by atoms with Gasteiger partial charge in [-0.05, 0) is 45.4 Å². The third kappa shape index (κ3) is 5.10. The minimum atomic E-state index is -0.997. The van der Waals surface area contributed by atoms with Gasteiger partial charge in [0.2, 0.25) is 0 Å². The Morgan fingerprint density at radius 1 is 1.10 bits per heavy atom. The van der Waals surface area contributed by atoms with E-state index in [-0.39, 0.29) is 5.56 Å². The van der Waals surface area contributed by atoms with Gasteiger partial charge in [0.05, 0.1) is 11.1 Å². The molecule has 2 aromatic heterocycles. The molecule has 3 N–H and O–H groups in total. The fourth-order valence-corrected chi connectivity index (χ4v) is 2.92. The Hall–Kier alpha value is -3.42. The van der Waals surface area contributed by atoms with E-state index in [1.54, 1.807) is 30.6 Å². The molecule has 3 aromatic rings. The fourth-order valence-electron chi connectivity index (χ4n) is 2.92. The van der Waals surface area contributed by atoms with Crippen molar-refractivity contribution in [2.45, 2.75) is 32.8 Å². The van der Waals surface area contributed by atoms with Crippen LogP contribution in [0.4, 0.5) is 10.6 Å². The van der Waals surface area contributed by atoms with Crippen LogP contribution < -0.4 is 10.6 Å². The number of hydrogen-bond acceptors (Lipinski definition) is 6. The molecular formula is C21H24N4O4. The largest absolute Gasteiger partial charge is 0.478 e. The van der Waals surface area contributed by atoms with Crippen molar-refractivity contribution in [1.29, 1.82) is 0 Å². The lowest BCUT2D eigenvalue weighted by Crippen LogP contribution is -2.33. The number of carbonyl (C=O) groups is 2. The number of rotatable bonds is 6. The Bertz CT molecular complexity index is 1060. The molecule has 0 spiro atoms. The maximum atomic E-state index is 11.7. The average Bonchev–Trinajstić information content (AvgIpc) is 2.65. The van der Waals surface area contributed by atoms with Crippen molar-refractivity contribution in [2.75, 3.05) is 18.4 Å². The van der Waals surface area contributed by atoms with E-state index in [0.29, 0.717) is 30.8 Å². The van der Waals surface area contributed by atoms with Crippen LogP contribution in [0.25, 0.3) is 21.7 Å². The summed E-state index contributed by atoms with van der Waals surface area (Å²) < 4.78 is 5.20. The molecule has 0 aliphatic heterocycles. The molecule has 2 heterocycles. The molecule has 0 saturated carbocycles. The number of carbonyl (C=O) groups excluding carboxylic acids is 1. The molecule has 1 aromatic carbocycles. The van der Waals surface area contributed by atoms with Crippen molar-refractivity contribution < 1.29 is 19.4 Å². The van der Waals surface area contributed by atoms with Gasteiger partial charge < -0.3 is 20.5 Å². The lowest BCUT2D eigenvalue weighted by Gasteiger charge is -2.19. The number of carboxylic acid groups (broad SMARTS) is 1. The Balaban J connectivity index is 1.73. The number of pyridine rings is 2. The minimum absolute atomic E-state index is 0.181. The molecule has 0 bridgehead atoms. The first kappa shape index (κ1) is 20.3. The molecule has 29 heavy (non-hydrogen) atoms. The van der Waals surface area contributed by atoms with Crippen LogP contribution in [0.5, 0.6) is 0 Å². The highest BCUT2D eigenvalue weighted by Gasteiger charge is 2.15. The number of anilines is 1. The molecule has 0 aliphatic carbocycles. The number of nitrogens with zero attached hydrogens (tertiary/aromatic N) is 2. The molecule has 3 rings (SSSR count). The van der Waals surface area contributed by atoms with E-state index in [0.717, 1.165) is 16.2 Å². The van der Waals surface area contributed by atoms with Crippen LogP contribution in [0.3, 0.4) is 0 Å². The molecule has 0 saturated heterocycles. The Morgan fingerprint density at radius 3 is 2.62 bits per heavy atom. The van der Waals surface area contributed by atoms with Crippen molar-refractivity contribution in [1.82, 2.24) is 15.3 Å². The molecule has 0 aliphatic rings. The second-order valence-corrected chi connectivity index (χ2v) is 7.63. The van der Waals surface area contributed by atoms with Crippen LogP contribution in [0, 0.1) is 0 Å². The zero-order valence-corrected chi connectivity index (χ0v) is 16.7. The smallest absolute Gasteiger partial charge is 0.407 e. The number of fused-ring (bicyclic) bond motifs is 3. The van der Waals surface area contributed by atoms with Gasteiger partial charge >= 0.3 is 12.1 Å². The Morgan fingerprint density at radius 2 is 1.90 bits per heavy atom. The quantitative estimate of drug-likeness (QED) is 0.429. The zero-order chi connectivity index (χ0) is 21.0. The van der Waals surface area contributed by atoms with E-state index >= 15 is 0 Å². The molecule has 0 fully saturated rings. The van der Waals surface area contributed by atoms with Crippen LogP contribution in [0.2, 0.25) is 0 Å². The first-order valence-electron chi connectivity index (χ1n) is 9.36. The number of nitrogens with one attached hydrogen (secondary N) is 2. The number of hydrogen-bond donors (Lipinski definition) is 3. The van der Waals surface area contributed by atoms with Gasteiger partial charge in [0.1, 0.15) is 11.4 Å². The maximum absolute atomic E-state index is 11.7. The molecule has 8 nitrogen and oxygen atoms in total. The Kier molecular flexibility index (Phi) is 5.81. The van der Waals surface area contributed by atoms with E-state index in [1.165, 1.54) is 0 Å². The number of benzene rings is 1. The SMILES string of the molecule is CC(C)(C)OC(=O)NCCCNc1nc2cc(C(=O)O)ccc2c2cnccc12. The van der Waals surface area contributed by atoms with E-state index in [2.05, 4.69) is 20.6 Å². The van der Waals surface area contributed by atoms with Gasteiger partial charge in [-0.15, -0.1) is 0 Å². The monoisotopic (exact) mass is 396 g/mol. The molecule has 0 radical (unpaired) electrons. The summed E-state index contributed by atoms with van der Waals surface area (Å²) in [5.41, 5.74) is 0.236. The first-order valence-corrected chi connectivity index (χ1v) is 9.36. The normalized spacial score (nSPS) is 11.4. The summed E-state index contributed by atoms with van der Waals surface area (Å²) in [6.45, 7) is 6.47. The van der Waals surface area contributed by atoms with E-state index < -0.39 is 17.7 Å². The van der Waals surface area contributed by atoms with Gasteiger partial charge in [0, 0.05) is 41.6 Å². The fraction of sp³-hybridized carbons (Fsp3) is 0.333. The van der Waals surface area contributed by atoms with Crippen LogP contribution in [0.15, 0.2) is 36.7 Å². The van der Waals surface area contributed by atoms with Crippen LogP contribution in [-0.4, -0.2) is 45.8 Å². The van der Waals surface area contributed by atoms with Crippen LogP contribution in [0.1, 0.15) is 37.6 Å². The molecule has 0 atom stereocenters. The predicted octanol–water partition coefficient (Wildman–Crippen LogP) is 3.81. The number of ether oxygens (including phenoxy) is 1. The predicted molar refractivity (Wildman–Crippen MR) is 111 cm³/mol. The zero-order valence-electron chi connectivity index (χ0n) is 16.7. The van der Waals surface area contributed by atoms with E-state index in [4.69, 9.17) is 4.74 Å². The first-order chi connectivity index (χ1) is 13.7. The number of aromatic carboxylic acids is 1. The number of amides is 1. The van der Waals surface area contributed by atoms with Crippen molar-refractivity contribution in [3.05, 3.63) is 42.2 Å². The summed E-state index contributed by atoms with van der Waals surface area (Å²) in [5.74, 6) is -0.350. The van der Waals surface area contributed by atoms with Crippen molar-refractivity contribution >= 4 is 39.6 Å². The van der Waals surface area contributed by atoms with Crippen LogP contribution >= 0.6 is 0 Å². The average molecular weight is 396 g/mol. The maximum Gasteiger partial charge on any atom is 0.407 e. The number of aromatic nitrogens is 2. The van der Waals surface area contributed by atoms with Crippen molar-refractivity contribution in [3.63, 3.8) is 0 Å². The van der Waals surface area contributed by atoms with E-state index in [9.17, 15) is 14.7 Å². The summed E-state index contributed by atoms with van der Waals surface area (Å²) in [4.78, 5) is 31.8. The third-order valence-corrected chi connectivity index (χ3v) is 4.16. The van der Waals surface area contributed by atoms with E-state index in [1.807, 2.05) is 26.8 Å². The standard InChI is InChI=1S/C21H24N4O4/c1-21(2,3)29-20(28)24-9-4-8-23-18-15-7-10-22-12-16(15)14-6-5-13(19(26)27)11-17(14)25-18/h5-7,10-12H,4,8-9H2,1-3H3,(H,23,25)(H,24,28)(H,26,27). The van der Waals surface area contributed by atoms with Gasteiger partial charge in [0.25, 0.3) is 0 Å². The molecular weight excluding hydrogens is 372 g/mol. The van der Waals surface area contributed by atoms with Gasteiger partial charge in [0.15, 0.2) is 0 Å². The summed E-state index contributed by atoms with van der Waals surface area (Å²) in [7, 11) is 0. The van der Waals surface area contributed by atoms with Gasteiger partial charge in [-0.25, -0.2) is 14.6 Å². The summed E-state index contributed by atoms with van der Waals surface area (Å²) >= 11 is 0. The van der Waals surface area contributed by atoms with Crippen LogP contribution in [-0.2, 0) is 4.74 Å². The van der Waals surface area contributed by atoms with Crippen molar-refractivity contribution in [3.8, 4) is 0 Å². The second kappa shape index (κ2) is 8.30. The van der Waals surface area contributed by atoms with Gasteiger partial charge in [-0.2, -0.15) is 0 Å². The lowest BCUT2D eigenvalue weighted by atomic mass is 10.1. The Labute approximate surface area is 168 Å². The highest BCUT2D eigenvalue weighted by molar-refractivity contribution is 6.10. The molecule has 152 valence electrons. The molecule has 8 heteroatoms. The lowest BCUT2D eigenvalue weighted by molar-refractivity contribution is 0.0527.